The summed E-state index contributed by atoms with van der Waals surface area (Å²) in [7, 11) is 1.89. The maximum absolute atomic E-state index is 4.27. The lowest BCUT2D eigenvalue weighted by molar-refractivity contribution is 0.714. The number of rotatable bonds is 2. The molecule has 2 aromatic carbocycles. The van der Waals surface area contributed by atoms with Crippen molar-refractivity contribution in [2.45, 2.75) is 19.8 Å². The van der Waals surface area contributed by atoms with E-state index >= 15 is 0 Å². The van der Waals surface area contributed by atoms with Crippen LogP contribution in [0.4, 0.5) is 0 Å². The lowest BCUT2D eigenvalue weighted by Crippen LogP contribution is -2.03. The first-order valence-corrected chi connectivity index (χ1v) is 7.77. The van der Waals surface area contributed by atoms with E-state index in [-0.39, 0.29) is 5.92 Å². The van der Waals surface area contributed by atoms with E-state index in [1.54, 1.807) is 4.68 Å². The first kappa shape index (κ1) is 13.9. The lowest BCUT2D eigenvalue weighted by Gasteiger charge is -2.18. The Labute approximate surface area is 135 Å². The number of hydrogen-bond acceptors (Lipinski definition) is 3. The molecule has 0 saturated heterocycles. The highest BCUT2D eigenvalue weighted by atomic mass is 15.5. The summed E-state index contributed by atoms with van der Waals surface area (Å²) in [5.74, 6) is 1.09. The van der Waals surface area contributed by atoms with E-state index in [9.17, 15) is 0 Å². The number of hydrogen-bond donors (Lipinski definition) is 0. The van der Waals surface area contributed by atoms with Crippen LogP contribution in [0.15, 0.2) is 59.7 Å². The summed E-state index contributed by atoms with van der Waals surface area (Å²) >= 11 is 0. The fourth-order valence-corrected chi connectivity index (χ4v) is 3.34. The van der Waals surface area contributed by atoms with Crippen molar-refractivity contribution in [3.63, 3.8) is 0 Å². The smallest absolute Gasteiger partial charge is 0.182 e. The van der Waals surface area contributed by atoms with Crippen LogP contribution in [-0.2, 0) is 7.05 Å². The van der Waals surface area contributed by atoms with E-state index in [4.69, 9.17) is 0 Å². The van der Waals surface area contributed by atoms with Gasteiger partial charge in [0, 0.05) is 18.5 Å². The van der Waals surface area contributed by atoms with Gasteiger partial charge in [-0.1, -0.05) is 59.7 Å². The summed E-state index contributed by atoms with van der Waals surface area (Å²) in [6.07, 6.45) is 4.47. The van der Waals surface area contributed by atoms with E-state index in [0.29, 0.717) is 0 Å². The van der Waals surface area contributed by atoms with Crippen LogP contribution in [0.1, 0.15) is 25.3 Å². The summed E-state index contributed by atoms with van der Waals surface area (Å²) in [4.78, 5) is 0. The van der Waals surface area contributed by atoms with Gasteiger partial charge in [-0.3, -0.25) is 0 Å². The Morgan fingerprint density at radius 1 is 1.04 bits per heavy atom. The van der Waals surface area contributed by atoms with Crippen molar-refractivity contribution in [3.8, 4) is 11.4 Å². The molecule has 0 amide bonds. The molecular formula is C19H18N4. The topological polar surface area (TPSA) is 43.6 Å². The Bertz CT molecular complexity index is 962. The van der Waals surface area contributed by atoms with Gasteiger partial charge in [0.25, 0.3) is 0 Å². The molecule has 1 atom stereocenters. The van der Waals surface area contributed by atoms with Gasteiger partial charge in [-0.15, -0.1) is 5.10 Å². The fraction of sp³-hybridized carbons (Fsp3) is 0.211. The van der Waals surface area contributed by atoms with Crippen LogP contribution in [0, 0.1) is 0 Å². The third-order valence-corrected chi connectivity index (χ3v) is 4.77. The normalized spacial score (nSPS) is 17.4. The molecule has 4 heteroatoms. The molecule has 0 aliphatic heterocycles. The number of benzene rings is 2. The number of aryl methyl sites for hydroxylation is 1. The van der Waals surface area contributed by atoms with Crippen molar-refractivity contribution in [2.75, 3.05) is 0 Å². The number of fused-ring (bicyclic) bond motifs is 1. The largest absolute Gasteiger partial charge is 0.229 e. The van der Waals surface area contributed by atoms with Crippen molar-refractivity contribution >= 4 is 10.8 Å². The van der Waals surface area contributed by atoms with E-state index in [1.807, 2.05) is 7.05 Å². The molecule has 0 saturated carbocycles. The van der Waals surface area contributed by atoms with Crippen molar-refractivity contribution in [3.05, 3.63) is 65.3 Å². The summed E-state index contributed by atoms with van der Waals surface area (Å²) in [6, 6.07) is 12.8. The minimum atomic E-state index is 0.284. The van der Waals surface area contributed by atoms with Crippen molar-refractivity contribution in [1.82, 2.24) is 20.2 Å². The summed E-state index contributed by atoms with van der Waals surface area (Å²) in [5.41, 5.74) is 5.10. The molecular weight excluding hydrogens is 284 g/mol. The van der Waals surface area contributed by atoms with Crippen LogP contribution >= 0.6 is 0 Å². The number of nitrogens with zero attached hydrogens (tertiary/aromatic N) is 4. The molecule has 114 valence electrons. The Hall–Kier alpha value is -2.75. The average Bonchev–Trinajstić information content (AvgIpc) is 3.13. The molecule has 1 aliphatic carbocycles. The molecule has 1 heterocycles. The Balaban J connectivity index is 2.06. The molecule has 4 nitrogen and oxygen atoms in total. The molecule has 1 aliphatic rings. The Kier molecular flexibility index (Phi) is 3.11. The second kappa shape index (κ2) is 5.16. The quantitative estimate of drug-likeness (QED) is 0.718. The predicted molar refractivity (Wildman–Crippen MR) is 92.0 cm³/mol. The molecule has 3 aromatic rings. The molecule has 0 bridgehead atoms. The highest BCUT2D eigenvalue weighted by molar-refractivity contribution is 5.97. The van der Waals surface area contributed by atoms with Gasteiger partial charge in [-0.2, -0.15) is 0 Å². The molecule has 4 rings (SSSR count). The van der Waals surface area contributed by atoms with Crippen LogP contribution in [-0.4, -0.2) is 20.2 Å². The predicted octanol–water partition coefficient (Wildman–Crippen LogP) is 4.02. The third kappa shape index (κ3) is 2.10. The standard InChI is InChI=1S/C19H18N4/c1-12-8-10-15(13(12)2)17-11-9-14-6-4-5-7-16(14)18(17)19-20-21-22-23(19)3/h4-11,15H,1-3H3. The Morgan fingerprint density at radius 2 is 1.87 bits per heavy atom. The molecule has 23 heavy (non-hydrogen) atoms. The van der Waals surface area contributed by atoms with Crippen molar-refractivity contribution < 1.29 is 0 Å². The molecule has 1 unspecified atom stereocenters. The van der Waals surface area contributed by atoms with E-state index in [2.05, 4.69) is 77.9 Å². The maximum atomic E-state index is 4.27. The van der Waals surface area contributed by atoms with Gasteiger partial charge >= 0.3 is 0 Å². The number of allylic oxidation sites excluding steroid dienone is 4. The van der Waals surface area contributed by atoms with Gasteiger partial charge in [0.2, 0.25) is 0 Å². The summed E-state index contributed by atoms with van der Waals surface area (Å²) in [6.45, 7) is 4.37. The second-order valence-corrected chi connectivity index (χ2v) is 6.08. The van der Waals surface area contributed by atoms with Gasteiger partial charge in [-0.25, -0.2) is 4.68 Å². The first-order valence-electron chi connectivity index (χ1n) is 7.77. The number of aromatic nitrogens is 4. The zero-order chi connectivity index (χ0) is 16.0. The molecule has 1 aromatic heterocycles. The minimum Gasteiger partial charge on any atom is -0.229 e. The van der Waals surface area contributed by atoms with Crippen LogP contribution in [0.25, 0.3) is 22.2 Å². The zero-order valence-corrected chi connectivity index (χ0v) is 13.5. The minimum absolute atomic E-state index is 0.284. The van der Waals surface area contributed by atoms with E-state index < -0.39 is 0 Å². The van der Waals surface area contributed by atoms with Crippen molar-refractivity contribution in [2.24, 2.45) is 7.05 Å². The molecule has 0 spiro atoms. The lowest BCUT2D eigenvalue weighted by atomic mass is 9.87. The van der Waals surface area contributed by atoms with Gasteiger partial charge < -0.3 is 0 Å². The third-order valence-electron chi connectivity index (χ3n) is 4.77. The Morgan fingerprint density at radius 3 is 2.57 bits per heavy atom. The maximum Gasteiger partial charge on any atom is 0.182 e. The number of tetrazole rings is 1. The van der Waals surface area contributed by atoms with Crippen LogP contribution in [0.2, 0.25) is 0 Å². The highest BCUT2D eigenvalue weighted by Crippen LogP contribution is 2.41. The second-order valence-electron chi connectivity index (χ2n) is 6.08. The van der Waals surface area contributed by atoms with Crippen LogP contribution < -0.4 is 0 Å². The van der Waals surface area contributed by atoms with E-state index in [1.165, 1.54) is 27.5 Å². The molecule has 0 radical (unpaired) electrons. The fourth-order valence-electron chi connectivity index (χ4n) is 3.34. The zero-order valence-electron chi connectivity index (χ0n) is 13.5. The van der Waals surface area contributed by atoms with Crippen LogP contribution in [0.5, 0.6) is 0 Å². The summed E-state index contributed by atoms with van der Waals surface area (Å²) in [5, 5.41) is 14.5. The average molecular weight is 302 g/mol. The van der Waals surface area contributed by atoms with Gasteiger partial charge in [0.15, 0.2) is 5.82 Å². The van der Waals surface area contributed by atoms with Crippen molar-refractivity contribution in [1.29, 1.82) is 0 Å². The summed E-state index contributed by atoms with van der Waals surface area (Å²) < 4.78 is 1.75. The molecule has 0 N–H and O–H groups in total. The van der Waals surface area contributed by atoms with E-state index in [0.717, 1.165) is 11.4 Å². The van der Waals surface area contributed by atoms with Crippen LogP contribution in [0.3, 0.4) is 0 Å². The monoisotopic (exact) mass is 302 g/mol. The van der Waals surface area contributed by atoms with Gasteiger partial charge in [0.05, 0.1) is 0 Å². The first-order chi connectivity index (χ1) is 11.2. The van der Waals surface area contributed by atoms with Gasteiger partial charge in [-0.05, 0) is 40.6 Å². The highest BCUT2D eigenvalue weighted by Gasteiger charge is 2.23. The molecule has 0 fully saturated rings. The van der Waals surface area contributed by atoms with Gasteiger partial charge in [0.1, 0.15) is 0 Å². The SMILES string of the molecule is CC1=C(C)C(c2ccc3ccccc3c2-c2nnnn2C)C=C1.